The molecule has 1 nitrogen and oxygen atoms in total. The Hall–Kier alpha value is -1.10. The SMILES string of the molecule is NCCc1ccccc1C(F)(F)C(F)F. The maximum Gasteiger partial charge on any atom is 0.332 e. The topological polar surface area (TPSA) is 26.0 Å². The zero-order chi connectivity index (χ0) is 11.5. The molecule has 2 N–H and O–H groups in total. The normalized spacial score (nSPS) is 12.1. The molecule has 0 unspecified atom stereocenters. The first-order valence-corrected chi connectivity index (χ1v) is 4.44. The van der Waals surface area contributed by atoms with Crippen molar-refractivity contribution in [1.82, 2.24) is 0 Å². The van der Waals surface area contributed by atoms with Gasteiger partial charge in [-0.05, 0) is 18.5 Å². The van der Waals surface area contributed by atoms with E-state index in [2.05, 4.69) is 0 Å². The lowest BCUT2D eigenvalue weighted by Crippen LogP contribution is -2.25. The third-order valence-corrected chi connectivity index (χ3v) is 2.06. The predicted molar refractivity (Wildman–Crippen MR) is 49.1 cm³/mol. The summed E-state index contributed by atoms with van der Waals surface area (Å²) in [6, 6.07) is 5.23. The van der Waals surface area contributed by atoms with Crippen molar-refractivity contribution < 1.29 is 17.6 Å². The number of benzene rings is 1. The van der Waals surface area contributed by atoms with Gasteiger partial charge in [0.25, 0.3) is 0 Å². The molecular formula is C10H11F4N. The van der Waals surface area contributed by atoms with Crippen LogP contribution in [0.15, 0.2) is 24.3 Å². The molecule has 0 aliphatic heterocycles. The van der Waals surface area contributed by atoms with E-state index in [-0.39, 0.29) is 18.5 Å². The molecule has 0 saturated heterocycles. The van der Waals surface area contributed by atoms with Crippen LogP contribution in [-0.2, 0) is 12.3 Å². The van der Waals surface area contributed by atoms with E-state index in [0.717, 1.165) is 6.07 Å². The molecule has 0 spiro atoms. The van der Waals surface area contributed by atoms with Gasteiger partial charge >= 0.3 is 12.3 Å². The fourth-order valence-electron chi connectivity index (χ4n) is 1.34. The van der Waals surface area contributed by atoms with Crippen molar-refractivity contribution in [3.8, 4) is 0 Å². The van der Waals surface area contributed by atoms with Crippen molar-refractivity contribution in [3.63, 3.8) is 0 Å². The van der Waals surface area contributed by atoms with E-state index >= 15 is 0 Å². The molecule has 0 bridgehead atoms. The summed E-state index contributed by atoms with van der Waals surface area (Å²) in [5.41, 5.74) is 4.75. The molecule has 0 aromatic heterocycles. The van der Waals surface area contributed by atoms with Crippen LogP contribution >= 0.6 is 0 Å². The highest BCUT2D eigenvalue weighted by Crippen LogP contribution is 2.36. The van der Waals surface area contributed by atoms with Gasteiger partial charge in [0.1, 0.15) is 0 Å². The molecular weight excluding hydrogens is 210 g/mol. The van der Waals surface area contributed by atoms with E-state index in [9.17, 15) is 17.6 Å². The third-order valence-electron chi connectivity index (χ3n) is 2.06. The fraction of sp³-hybridized carbons (Fsp3) is 0.400. The van der Waals surface area contributed by atoms with Crippen molar-refractivity contribution in [2.45, 2.75) is 18.8 Å². The Kier molecular flexibility index (Phi) is 3.68. The molecule has 0 atom stereocenters. The highest BCUT2D eigenvalue weighted by Gasteiger charge is 2.43. The van der Waals surface area contributed by atoms with Gasteiger partial charge in [-0.25, -0.2) is 8.78 Å². The van der Waals surface area contributed by atoms with Crippen LogP contribution in [0.1, 0.15) is 11.1 Å². The molecule has 5 heteroatoms. The van der Waals surface area contributed by atoms with Crippen LogP contribution in [0.4, 0.5) is 17.6 Å². The van der Waals surface area contributed by atoms with Crippen molar-refractivity contribution in [2.75, 3.05) is 6.54 Å². The summed E-state index contributed by atoms with van der Waals surface area (Å²) >= 11 is 0. The van der Waals surface area contributed by atoms with Gasteiger partial charge < -0.3 is 5.73 Å². The van der Waals surface area contributed by atoms with E-state index in [1.165, 1.54) is 18.2 Å². The molecule has 1 aromatic carbocycles. The van der Waals surface area contributed by atoms with Gasteiger partial charge in [0.2, 0.25) is 0 Å². The van der Waals surface area contributed by atoms with Crippen LogP contribution in [0.25, 0.3) is 0 Å². The van der Waals surface area contributed by atoms with Crippen LogP contribution in [-0.4, -0.2) is 13.0 Å². The van der Waals surface area contributed by atoms with E-state index < -0.39 is 17.9 Å². The average molecular weight is 221 g/mol. The fourth-order valence-corrected chi connectivity index (χ4v) is 1.34. The molecule has 0 aliphatic carbocycles. The second-order valence-electron chi connectivity index (χ2n) is 3.12. The zero-order valence-corrected chi connectivity index (χ0v) is 7.89. The zero-order valence-electron chi connectivity index (χ0n) is 7.89. The summed E-state index contributed by atoms with van der Waals surface area (Å²) in [7, 11) is 0. The lowest BCUT2D eigenvalue weighted by Gasteiger charge is -2.18. The molecule has 0 radical (unpaired) electrons. The molecule has 0 heterocycles. The quantitative estimate of drug-likeness (QED) is 0.777. The van der Waals surface area contributed by atoms with Crippen molar-refractivity contribution in [3.05, 3.63) is 35.4 Å². The van der Waals surface area contributed by atoms with E-state index in [0.29, 0.717) is 0 Å². The predicted octanol–water partition coefficient (Wildman–Crippen LogP) is 2.54. The Morgan fingerprint density at radius 1 is 1.20 bits per heavy atom. The number of hydrogen-bond acceptors (Lipinski definition) is 1. The number of nitrogens with two attached hydrogens (primary N) is 1. The van der Waals surface area contributed by atoms with Gasteiger partial charge in [-0.15, -0.1) is 0 Å². The molecule has 1 aromatic rings. The first kappa shape index (κ1) is 12.0. The molecule has 0 fully saturated rings. The summed E-state index contributed by atoms with van der Waals surface area (Å²) in [6.07, 6.45) is -3.53. The monoisotopic (exact) mass is 221 g/mol. The first-order valence-electron chi connectivity index (χ1n) is 4.44. The van der Waals surface area contributed by atoms with Crippen molar-refractivity contribution >= 4 is 0 Å². The molecule has 84 valence electrons. The maximum absolute atomic E-state index is 13.1. The second kappa shape index (κ2) is 4.61. The Morgan fingerprint density at radius 2 is 1.80 bits per heavy atom. The van der Waals surface area contributed by atoms with Crippen LogP contribution < -0.4 is 5.73 Å². The van der Waals surface area contributed by atoms with Gasteiger partial charge in [-0.2, -0.15) is 8.78 Å². The van der Waals surface area contributed by atoms with Crippen molar-refractivity contribution in [1.29, 1.82) is 0 Å². The van der Waals surface area contributed by atoms with Gasteiger partial charge in [-0.3, -0.25) is 0 Å². The molecule has 0 amide bonds. The van der Waals surface area contributed by atoms with Crippen LogP contribution in [0.5, 0.6) is 0 Å². The Balaban J connectivity index is 3.12. The number of halogens is 4. The summed E-state index contributed by atoms with van der Waals surface area (Å²) in [5, 5.41) is 0. The first-order chi connectivity index (χ1) is 7.00. The van der Waals surface area contributed by atoms with Gasteiger partial charge in [0, 0.05) is 5.56 Å². The molecule has 1 rings (SSSR count). The van der Waals surface area contributed by atoms with E-state index in [4.69, 9.17) is 5.73 Å². The maximum atomic E-state index is 13.1. The van der Waals surface area contributed by atoms with E-state index in [1.807, 2.05) is 0 Å². The highest BCUT2D eigenvalue weighted by molar-refractivity contribution is 5.31. The lowest BCUT2D eigenvalue weighted by molar-refractivity contribution is -0.135. The minimum atomic E-state index is -4.11. The number of rotatable bonds is 4. The summed E-state index contributed by atoms with van der Waals surface area (Å²) in [4.78, 5) is 0. The highest BCUT2D eigenvalue weighted by atomic mass is 19.3. The molecule has 0 saturated carbocycles. The second-order valence-corrected chi connectivity index (χ2v) is 3.12. The van der Waals surface area contributed by atoms with Crippen LogP contribution in [0, 0.1) is 0 Å². The van der Waals surface area contributed by atoms with Gasteiger partial charge in [-0.1, -0.05) is 24.3 Å². The third kappa shape index (κ3) is 2.47. The Bertz CT molecular complexity index is 325. The lowest BCUT2D eigenvalue weighted by atomic mass is 9.99. The summed E-state index contributed by atoms with van der Waals surface area (Å²) in [6.45, 7) is 0.149. The molecule has 0 aliphatic rings. The Morgan fingerprint density at radius 3 is 2.33 bits per heavy atom. The van der Waals surface area contributed by atoms with Crippen LogP contribution in [0.3, 0.4) is 0 Å². The number of alkyl halides is 4. The Labute approximate surface area is 84.9 Å². The smallest absolute Gasteiger partial charge is 0.330 e. The van der Waals surface area contributed by atoms with Crippen molar-refractivity contribution in [2.24, 2.45) is 5.73 Å². The summed E-state index contributed by atoms with van der Waals surface area (Å²) in [5.74, 6) is -4.11. The van der Waals surface area contributed by atoms with Gasteiger partial charge in [0.15, 0.2) is 0 Å². The molecule has 15 heavy (non-hydrogen) atoms. The standard InChI is InChI=1S/C10H11F4N/c11-9(12)10(13,14)8-4-2-1-3-7(8)5-6-15/h1-4,9H,5-6,15H2. The number of hydrogen-bond donors (Lipinski definition) is 1. The van der Waals surface area contributed by atoms with Crippen LogP contribution in [0.2, 0.25) is 0 Å². The summed E-state index contributed by atoms with van der Waals surface area (Å²) < 4.78 is 50.4. The minimum Gasteiger partial charge on any atom is -0.330 e. The van der Waals surface area contributed by atoms with Gasteiger partial charge in [0.05, 0.1) is 0 Å². The van der Waals surface area contributed by atoms with E-state index in [1.54, 1.807) is 0 Å². The average Bonchev–Trinajstić information content (AvgIpc) is 2.18. The largest absolute Gasteiger partial charge is 0.332 e. The minimum absolute atomic E-state index is 0.149.